The molecular weight excluding hydrogens is 314 g/mol. The molecule has 2 aromatic rings. The van der Waals surface area contributed by atoms with Crippen LogP contribution in [0, 0.1) is 18.3 Å². The SMILES string of the molecule is Cc1cc(NC(=O)[C@@H](C)NC(=O)c2cccs2)n(CCC#N)n1. The molecule has 2 rings (SSSR count). The molecule has 23 heavy (non-hydrogen) atoms. The summed E-state index contributed by atoms with van der Waals surface area (Å²) in [6.07, 6.45) is 0.300. The van der Waals surface area contributed by atoms with Crippen molar-refractivity contribution in [3.63, 3.8) is 0 Å². The highest BCUT2D eigenvalue weighted by Crippen LogP contribution is 2.12. The van der Waals surface area contributed by atoms with E-state index in [2.05, 4.69) is 15.7 Å². The first-order valence-corrected chi connectivity index (χ1v) is 7.96. The van der Waals surface area contributed by atoms with Crippen LogP contribution in [-0.2, 0) is 11.3 Å². The average Bonchev–Trinajstić information content (AvgIpc) is 3.15. The molecule has 0 saturated carbocycles. The molecule has 0 spiro atoms. The molecule has 0 radical (unpaired) electrons. The third-order valence-electron chi connectivity index (χ3n) is 3.07. The van der Waals surface area contributed by atoms with E-state index in [0.29, 0.717) is 23.7 Å². The lowest BCUT2D eigenvalue weighted by Gasteiger charge is -2.14. The molecule has 0 unspecified atom stereocenters. The lowest BCUT2D eigenvalue weighted by atomic mass is 10.3. The summed E-state index contributed by atoms with van der Waals surface area (Å²) < 4.78 is 1.57. The summed E-state index contributed by atoms with van der Waals surface area (Å²) in [6, 6.07) is 6.55. The number of aromatic nitrogens is 2. The van der Waals surface area contributed by atoms with Gasteiger partial charge in [-0.2, -0.15) is 10.4 Å². The zero-order chi connectivity index (χ0) is 16.8. The number of hydrogen-bond donors (Lipinski definition) is 2. The highest BCUT2D eigenvalue weighted by Gasteiger charge is 2.18. The average molecular weight is 331 g/mol. The van der Waals surface area contributed by atoms with E-state index in [1.54, 1.807) is 42.1 Å². The summed E-state index contributed by atoms with van der Waals surface area (Å²) in [5, 5.41) is 20.1. The summed E-state index contributed by atoms with van der Waals surface area (Å²) in [6.45, 7) is 3.82. The summed E-state index contributed by atoms with van der Waals surface area (Å²) in [5.41, 5.74) is 0.744. The Hall–Kier alpha value is -2.66. The molecule has 1 atom stereocenters. The number of nitriles is 1. The molecule has 2 aromatic heterocycles. The Balaban J connectivity index is 1.98. The Kier molecular flexibility index (Phi) is 5.49. The van der Waals surface area contributed by atoms with Crippen LogP contribution in [0.3, 0.4) is 0 Å². The zero-order valence-electron chi connectivity index (χ0n) is 12.9. The number of carbonyl (C=O) groups is 2. The van der Waals surface area contributed by atoms with E-state index < -0.39 is 6.04 Å². The molecule has 8 heteroatoms. The third-order valence-corrected chi connectivity index (χ3v) is 3.94. The molecule has 0 bridgehead atoms. The molecule has 0 aliphatic carbocycles. The van der Waals surface area contributed by atoms with E-state index in [1.165, 1.54) is 11.3 Å². The molecule has 0 saturated heterocycles. The summed E-state index contributed by atoms with van der Waals surface area (Å²) in [7, 11) is 0. The van der Waals surface area contributed by atoms with Gasteiger partial charge in [-0.25, -0.2) is 4.68 Å². The van der Waals surface area contributed by atoms with Crippen molar-refractivity contribution < 1.29 is 9.59 Å². The van der Waals surface area contributed by atoms with Crippen LogP contribution >= 0.6 is 11.3 Å². The number of carbonyl (C=O) groups excluding carboxylic acids is 2. The molecule has 7 nitrogen and oxygen atoms in total. The van der Waals surface area contributed by atoms with E-state index in [1.807, 2.05) is 6.07 Å². The number of nitrogens with zero attached hydrogens (tertiary/aromatic N) is 3. The zero-order valence-corrected chi connectivity index (χ0v) is 13.7. The van der Waals surface area contributed by atoms with Crippen LogP contribution in [0.25, 0.3) is 0 Å². The summed E-state index contributed by atoms with van der Waals surface area (Å²) in [5.74, 6) is -0.107. The Morgan fingerprint density at radius 3 is 2.96 bits per heavy atom. The van der Waals surface area contributed by atoms with E-state index in [0.717, 1.165) is 5.69 Å². The van der Waals surface area contributed by atoms with Crippen LogP contribution in [0.4, 0.5) is 5.82 Å². The van der Waals surface area contributed by atoms with Gasteiger partial charge in [-0.1, -0.05) is 6.07 Å². The Labute approximate surface area is 137 Å². The van der Waals surface area contributed by atoms with Gasteiger partial charge in [-0.05, 0) is 25.3 Å². The standard InChI is InChI=1S/C15H17N5O2S/c1-10-9-13(20(19-10)7-4-6-16)18-14(21)11(2)17-15(22)12-5-3-8-23-12/h3,5,8-9,11H,4,7H2,1-2H3,(H,17,22)(H,18,21)/t11-/m1/s1. The fourth-order valence-corrected chi connectivity index (χ4v) is 2.57. The van der Waals surface area contributed by atoms with Crippen molar-refractivity contribution in [1.29, 1.82) is 5.26 Å². The number of thiophene rings is 1. The van der Waals surface area contributed by atoms with Gasteiger partial charge in [-0.3, -0.25) is 9.59 Å². The van der Waals surface area contributed by atoms with E-state index in [-0.39, 0.29) is 11.8 Å². The topological polar surface area (TPSA) is 99.8 Å². The van der Waals surface area contributed by atoms with Gasteiger partial charge in [0.15, 0.2) is 0 Å². The van der Waals surface area contributed by atoms with Crippen molar-refractivity contribution in [1.82, 2.24) is 15.1 Å². The second-order valence-corrected chi connectivity index (χ2v) is 5.91. The number of rotatable bonds is 6. The monoisotopic (exact) mass is 331 g/mol. The molecule has 2 N–H and O–H groups in total. The van der Waals surface area contributed by atoms with E-state index >= 15 is 0 Å². The van der Waals surface area contributed by atoms with Gasteiger partial charge in [0.1, 0.15) is 11.9 Å². The summed E-state index contributed by atoms with van der Waals surface area (Å²) in [4.78, 5) is 24.7. The van der Waals surface area contributed by atoms with Crippen molar-refractivity contribution >= 4 is 29.0 Å². The molecule has 2 amide bonds. The predicted octanol–water partition coefficient (Wildman–Crippen LogP) is 1.92. The lowest BCUT2D eigenvalue weighted by molar-refractivity contribution is -0.117. The molecule has 0 aromatic carbocycles. The van der Waals surface area contributed by atoms with Gasteiger partial charge < -0.3 is 10.6 Å². The van der Waals surface area contributed by atoms with Crippen LogP contribution in [0.1, 0.15) is 28.7 Å². The number of amides is 2. The molecule has 0 aliphatic heterocycles. The van der Waals surface area contributed by atoms with Gasteiger partial charge in [0.05, 0.1) is 29.6 Å². The van der Waals surface area contributed by atoms with Gasteiger partial charge in [-0.15, -0.1) is 11.3 Å². The number of hydrogen-bond acceptors (Lipinski definition) is 5. The van der Waals surface area contributed by atoms with Gasteiger partial charge >= 0.3 is 0 Å². The van der Waals surface area contributed by atoms with Crippen LogP contribution in [0.5, 0.6) is 0 Å². The van der Waals surface area contributed by atoms with E-state index in [9.17, 15) is 9.59 Å². The minimum Gasteiger partial charge on any atom is -0.340 e. The van der Waals surface area contributed by atoms with Crippen LogP contribution < -0.4 is 10.6 Å². The minimum absolute atomic E-state index is 0.281. The first kappa shape index (κ1) is 16.7. The molecule has 2 heterocycles. The van der Waals surface area contributed by atoms with Crippen molar-refractivity contribution in [2.24, 2.45) is 0 Å². The molecule has 120 valence electrons. The van der Waals surface area contributed by atoms with Gasteiger partial charge in [0.25, 0.3) is 5.91 Å². The van der Waals surface area contributed by atoms with Crippen molar-refractivity contribution in [2.75, 3.05) is 5.32 Å². The fraction of sp³-hybridized carbons (Fsp3) is 0.333. The van der Waals surface area contributed by atoms with E-state index in [4.69, 9.17) is 5.26 Å². The van der Waals surface area contributed by atoms with Crippen molar-refractivity contribution in [3.05, 3.63) is 34.2 Å². The largest absolute Gasteiger partial charge is 0.340 e. The summed E-state index contributed by atoms with van der Waals surface area (Å²) >= 11 is 1.32. The quantitative estimate of drug-likeness (QED) is 0.844. The number of nitrogens with one attached hydrogen (secondary N) is 2. The Morgan fingerprint density at radius 2 is 2.30 bits per heavy atom. The van der Waals surface area contributed by atoms with Gasteiger partial charge in [0, 0.05) is 6.07 Å². The smallest absolute Gasteiger partial charge is 0.261 e. The maximum atomic E-state index is 12.2. The maximum Gasteiger partial charge on any atom is 0.261 e. The highest BCUT2D eigenvalue weighted by atomic mass is 32.1. The highest BCUT2D eigenvalue weighted by molar-refractivity contribution is 7.12. The predicted molar refractivity (Wildman–Crippen MR) is 87.1 cm³/mol. The minimum atomic E-state index is -0.691. The maximum absolute atomic E-state index is 12.2. The molecule has 0 fully saturated rings. The molecule has 0 aliphatic rings. The third kappa shape index (κ3) is 4.40. The first-order valence-electron chi connectivity index (χ1n) is 7.08. The van der Waals surface area contributed by atoms with Crippen LogP contribution in [-0.4, -0.2) is 27.6 Å². The fourth-order valence-electron chi connectivity index (χ4n) is 1.95. The lowest BCUT2D eigenvalue weighted by Crippen LogP contribution is -2.41. The molecular formula is C15H17N5O2S. The Bertz CT molecular complexity index is 730. The normalized spacial score (nSPS) is 11.5. The van der Waals surface area contributed by atoms with Crippen molar-refractivity contribution in [3.8, 4) is 6.07 Å². The second kappa shape index (κ2) is 7.56. The first-order chi connectivity index (χ1) is 11.0. The van der Waals surface area contributed by atoms with Gasteiger partial charge in [0.2, 0.25) is 5.91 Å². The van der Waals surface area contributed by atoms with Crippen LogP contribution in [0.15, 0.2) is 23.6 Å². The number of aryl methyl sites for hydroxylation is 2. The van der Waals surface area contributed by atoms with Crippen LogP contribution in [0.2, 0.25) is 0 Å². The van der Waals surface area contributed by atoms with Crippen molar-refractivity contribution in [2.45, 2.75) is 32.9 Å². The Morgan fingerprint density at radius 1 is 1.52 bits per heavy atom. The second-order valence-electron chi connectivity index (χ2n) is 4.96. The number of anilines is 1.